The summed E-state index contributed by atoms with van der Waals surface area (Å²) in [5.74, 6) is 0. The van der Waals surface area contributed by atoms with E-state index in [1.54, 1.807) is 18.5 Å². The summed E-state index contributed by atoms with van der Waals surface area (Å²) in [6.07, 6.45) is 3.23. The van der Waals surface area contributed by atoms with E-state index in [2.05, 4.69) is 10.1 Å². The first-order valence-corrected chi connectivity index (χ1v) is 4.66. The summed E-state index contributed by atoms with van der Waals surface area (Å²) < 4.78 is 1.33. The summed E-state index contributed by atoms with van der Waals surface area (Å²) in [5, 5.41) is 3.98. The molecule has 0 aliphatic carbocycles. The molecule has 0 fully saturated rings. The molecule has 0 unspecified atom stereocenters. The molecule has 15 heavy (non-hydrogen) atoms. The number of hydrogen-bond donors (Lipinski definition) is 0. The Balaban J connectivity index is 2.60. The van der Waals surface area contributed by atoms with Crippen molar-refractivity contribution >= 4 is 0 Å². The average Bonchev–Trinajstić information content (AvgIpc) is 2.23. The molecule has 0 bridgehead atoms. The molecule has 76 valence electrons. The van der Waals surface area contributed by atoms with Crippen LogP contribution in [0, 0.1) is 13.8 Å². The van der Waals surface area contributed by atoms with Crippen LogP contribution in [0.15, 0.2) is 35.4 Å². The SMILES string of the molecule is Cc1cc(-n2ncccc2=O)cnc1C. The summed E-state index contributed by atoms with van der Waals surface area (Å²) in [6.45, 7) is 3.89. The quantitative estimate of drug-likeness (QED) is 0.697. The molecule has 0 saturated heterocycles. The Morgan fingerprint density at radius 1 is 1.33 bits per heavy atom. The van der Waals surface area contributed by atoms with Crippen LogP contribution < -0.4 is 5.56 Å². The molecule has 0 saturated carbocycles. The van der Waals surface area contributed by atoms with E-state index in [0.717, 1.165) is 11.3 Å². The fourth-order valence-electron chi connectivity index (χ4n) is 1.30. The van der Waals surface area contributed by atoms with Crippen LogP contribution in [0.1, 0.15) is 11.3 Å². The second kappa shape index (κ2) is 3.65. The largest absolute Gasteiger partial charge is 0.271 e. The minimum atomic E-state index is -0.150. The van der Waals surface area contributed by atoms with Gasteiger partial charge in [-0.1, -0.05) is 0 Å². The van der Waals surface area contributed by atoms with E-state index < -0.39 is 0 Å². The van der Waals surface area contributed by atoms with Gasteiger partial charge in [-0.2, -0.15) is 9.78 Å². The molecule has 0 atom stereocenters. The van der Waals surface area contributed by atoms with Crippen LogP contribution in [0.2, 0.25) is 0 Å². The summed E-state index contributed by atoms with van der Waals surface area (Å²) in [6, 6.07) is 4.99. The van der Waals surface area contributed by atoms with E-state index in [1.807, 2.05) is 19.9 Å². The maximum atomic E-state index is 11.5. The standard InChI is InChI=1S/C11H11N3O/c1-8-6-10(7-12-9(8)2)14-11(15)4-3-5-13-14/h3-7H,1-2H3. The molecule has 0 radical (unpaired) electrons. The van der Waals surface area contributed by atoms with E-state index in [9.17, 15) is 4.79 Å². The molecular weight excluding hydrogens is 190 g/mol. The van der Waals surface area contributed by atoms with Gasteiger partial charge in [0.25, 0.3) is 5.56 Å². The van der Waals surface area contributed by atoms with Crippen LogP contribution in [0.3, 0.4) is 0 Å². The van der Waals surface area contributed by atoms with Crippen LogP contribution in [0.5, 0.6) is 0 Å². The normalized spacial score (nSPS) is 10.3. The van der Waals surface area contributed by atoms with Crippen molar-refractivity contribution in [3.05, 3.63) is 52.2 Å². The molecule has 0 N–H and O–H groups in total. The Hall–Kier alpha value is -1.97. The zero-order valence-corrected chi connectivity index (χ0v) is 8.64. The second-order valence-electron chi connectivity index (χ2n) is 3.37. The number of nitrogens with zero attached hydrogens (tertiary/aromatic N) is 3. The van der Waals surface area contributed by atoms with E-state index in [0.29, 0.717) is 5.69 Å². The van der Waals surface area contributed by atoms with Crippen molar-refractivity contribution in [1.82, 2.24) is 14.8 Å². The predicted molar refractivity (Wildman–Crippen MR) is 57.1 cm³/mol. The van der Waals surface area contributed by atoms with Gasteiger partial charge in [-0.3, -0.25) is 9.78 Å². The van der Waals surface area contributed by atoms with Gasteiger partial charge in [-0.15, -0.1) is 0 Å². The third-order valence-corrected chi connectivity index (χ3v) is 2.29. The lowest BCUT2D eigenvalue weighted by molar-refractivity contribution is 0.799. The molecule has 0 aliphatic heterocycles. The molecule has 0 spiro atoms. The summed E-state index contributed by atoms with van der Waals surface area (Å²) in [7, 11) is 0. The van der Waals surface area contributed by atoms with Gasteiger partial charge < -0.3 is 0 Å². The van der Waals surface area contributed by atoms with Gasteiger partial charge >= 0.3 is 0 Å². The van der Waals surface area contributed by atoms with Crippen LogP contribution in [0.4, 0.5) is 0 Å². The van der Waals surface area contributed by atoms with Gasteiger partial charge in [0.2, 0.25) is 0 Å². The minimum absolute atomic E-state index is 0.150. The number of aryl methyl sites for hydroxylation is 2. The molecule has 0 amide bonds. The molecule has 2 heterocycles. The third kappa shape index (κ3) is 1.79. The lowest BCUT2D eigenvalue weighted by Crippen LogP contribution is -2.19. The zero-order valence-electron chi connectivity index (χ0n) is 8.64. The van der Waals surface area contributed by atoms with Gasteiger partial charge in [0.1, 0.15) is 0 Å². The highest BCUT2D eigenvalue weighted by Gasteiger charge is 2.01. The van der Waals surface area contributed by atoms with Crippen molar-refractivity contribution in [1.29, 1.82) is 0 Å². The van der Waals surface area contributed by atoms with Crippen LogP contribution in [-0.2, 0) is 0 Å². The van der Waals surface area contributed by atoms with Crippen LogP contribution in [-0.4, -0.2) is 14.8 Å². The van der Waals surface area contributed by atoms with Crippen molar-refractivity contribution in [2.24, 2.45) is 0 Å². The highest BCUT2D eigenvalue weighted by molar-refractivity contribution is 5.33. The molecular formula is C11H11N3O. The summed E-state index contributed by atoms with van der Waals surface area (Å²) in [5.41, 5.74) is 2.55. The monoisotopic (exact) mass is 201 g/mol. The first kappa shape index (κ1) is 9.58. The van der Waals surface area contributed by atoms with Crippen molar-refractivity contribution in [3.8, 4) is 5.69 Å². The predicted octanol–water partition coefficient (Wildman–Crippen LogP) is 1.24. The van der Waals surface area contributed by atoms with E-state index >= 15 is 0 Å². The Morgan fingerprint density at radius 3 is 2.80 bits per heavy atom. The fourth-order valence-corrected chi connectivity index (χ4v) is 1.30. The Morgan fingerprint density at radius 2 is 2.13 bits per heavy atom. The van der Waals surface area contributed by atoms with Crippen LogP contribution >= 0.6 is 0 Å². The molecule has 2 rings (SSSR count). The number of rotatable bonds is 1. The molecule has 0 aromatic carbocycles. The smallest absolute Gasteiger partial charge is 0.267 e. The number of pyridine rings is 1. The van der Waals surface area contributed by atoms with Gasteiger partial charge in [0.15, 0.2) is 0 Å². The van der Waals surface area contributed by atoms with E-state index in [4.69, 9.17) is 0 Å². The molecule has 4 nitrogen and oxygen atoms in total. The molecule has 0 aliphatic rings. The van der Waals surface area contributed by atoms with E-state index in [1.165, 1.54) is 10.7 Å². The van der Waals surface area contributed by atoms with Crippen molar-refractivity contribution < 1.29 is 0 Å². The van der Waals surface area contributed by atoms with Gasteiger partial charge in [-0.05, 0) is 31.5 Å². The zero-order chi connectivity index (χ0) is 10.8. The Labute approximate surface area is 87.2 Å². The van der Waals surface area contributed by atoms with Gasteiger partial charge in [-0.25, -0.2) is 0 Å². The minimum Gasteiger partial charge on any atom is -0.267 e. The highest BCUT2D eigenvalue weighted by atomic mass is 16.1. The summed E-state index contributed by atoms with van der Waals surface area (Å²) >= 11 is 0. The van der Waals surface area contributed by atoms with Gasteiger partial charge in [0.05, 0.1) is 11.9 Å². The van der Waals surface area contributed by atoms with Crippen molar-refractivity contribution in [2.75, 3.05) is 0 Å². The summed E-state index contributed by atoms with van der Waals surface area (Å²) in [4.78, 5) is 15.7. The highest BCUT2D eigenvalue weighted by Crippen LogP contribution is 2.07. The van der Waals surface area contributed by atoms with Gasteiger partial charge in [0, 0.05) is 18.0 Å². The molecule has 2 aromatic heterocycles. The lowest BCUT2D eigenvalue weighted by atomic mass is 10.2. The topological polar surface area (TPSA) is 47.8 Å². The third-order valence-electron chi connectivity index (χ3n) is 2.29. The second-order valence-corrected chi connectivity index (χ2v) is 3.37. The lowest BCUT2D eigenvalue weighted by Gasteiger charge is -2.05. The maximum Gasteiger partial charge on any atom is 0.271 e. The number of aromatic nitrogens is 3. The molecule has 2 aromatic rings. The van der Waals surface area contributed by atoms with Crippen molar-refractivity contribution in [3.63, 3.8) is 0 Å². The Bertz CT molecular complexity index is 546. The maximum absolute atomic E-state index is 11.5. The average molecular weight is 201 g/mol. The number of hydrogen-bond acceptors (Lipinski definition) is 3. The van der Waals surface area contributed by atoms with Crippen LogP contribution in [0.25, 0.3) is 5.69 Å². The fraction of sp³-hybridized carbons (Fsp3) is 0.182. The van der Waals surface area contributed by atoms with E-state index in [-0.39, 0.29) is 5.56 Å². The molecule has 4 heteroatoms. The van der Waals surface area contributed by atoms with Crippen molar-refractivity contribution in [2.45, 2.75) is 13.8 Å². The first-order valence-electron chi connectivity index (χ1n) is 4.66. The first-order chi connectivity index (χ1) is 7.18. The Kier molecular flexibility index (Phi) is 2.33.